The summed E-state index contributed by atoms with van der Waals surface area (Å²) >= 11 is 0. The zero-order chi connectivity index (χ0) is 33.1. The molecule has 3 aromatic rings. The summed E-state index contributed by atoms with van der Waals surface area (Å²) in [5.41, 5.74) is 5.88. The molecule has 46 heavy (non-hydrogen) atoms. The van der Waals surface area contributed by atoms with Gasteiger partial charge in [-0.05, 0) is 71.2 Å². The van der Waals surface area contributed by atoms with E-state index < -0.39 is 24.1 Å². The minimum atomic E-state index is -0.420. The number of hydrogen-bond donors (Lipinski definition) is 8. The molecule has 2 bridgehead atoms. The van der Waals surface area contributed by atoms with Crippen LogP contribution in [0, 0.1) is 0 Å². The highest BCUT2D eigenvalue weighted by molar-refractivity contribution is 5.99. The van der Waals surface area contributed by atoms with Gasteiger partial charge in [0, 0.05) is 26.2 Å². The van der Waals surface area contributed by atoms with Crippen molar-refractivity contribution < 1.29 is 19.2 Å². The molecule has 1 heterocycles. The van der Waals surface area contributed by atoms with Crippen molar-refractivity contribution in [3.8, 4) is 0 Å². The summed E-state index contributed by atoms with van der Waals surface area (Å²) in [4.78, 5) is 51.2. The number of rotatable bonds is 2. The van der Waals surface area contributed by atoms with E-state index in [0.29, 0.717) is 48.7 Å². The molecule has 3 aromatic carbocycles. The standard InChI is InChI=1S/C34H44N8O4/c1-21(2)25-18-26(22(3)4)24-17-23(25)19-37-33(45)41-29-13-7-5-11-27(29)39-31(43)35-15-9-10-16-36-32(44)40-28-12-6-8-14-30(28)42-34(46)38-20-24/h5-8,11-14,17-18,21-22H,9-10,15-16,19-20H2,1-4H3,(H2,35,39,43)(H2,36,40,44)(H2,37,41,45)(H2,38,42,46). The molecular weight excluding hydrogens is 584 g/mol. The molecule has 4 rings (SSSR count). The second-order valence-electron chi connectivity index (χ2n) is 11.7. The van der Waals surface area contributed by atoms with Crippen LogP contribution < -0.4 is 42.5 Å². The topological polar surface area (TPSA) is 165 Å². The quantitative estimate of drug-likeness (QED) is 0.160. The highest BCUT2D eigenvalue weighted by Gasteiger charge is 2.17. The van der Waals surface area contributed by atoms with Gasteiger partial charge in [0.05, 0.1) is 22.7 Å². The Hall–Kier alpha value is -5.26. The number of para-hydroxylation sites is 4. The lowest BCUT2D eigenvalue weighted by Crippen LogP contribution is -2.33. The lowest BCUT2D eigenvalue weighted by Gasteiger charge is -2.22. The van der Waals surface area contributed by atoms with Crippen LogP contribution in [0.5, 0.6) is 0 Å². The fourth-order valence-corrected chi connectivity index (χ4v) is 5.18. The van der Waals surface area contributed by atoms with Gasteiger partial charge in [-0.15, -0.1) is 0 Å². The molecule has 0 aromatic heterocycles. The Morgan fingerprint density at radius 3 is 1.13 bits per heavy atom. The number of anilines is 4. The van der Waals surface area contributed by atoms with E-state index >= 15 is 0 Å². The van der Waals surface area contributed by atoms with Crippen molar-refractivity contribution in [1.82, 2.24) is 21.3 Å². The zero-order valence-corrected chi connectivity index (χ0v) is 26.8. The molecule has 0 saturated heterocycles. The molecule has 8 N–H and O–H groups in total. The van der Waals surface area contributed by atoms with Gasteiger partial charge in [-0.25, -0.2) is 19.2 Å². The lowest BCUT2D eigenvalue weighted by molar-refractivity contribution is 0.250. The van der Waals surface area contributed by atoms with Gasteiger partial charge in [-0.1, -0.05) is 64.1 Å². The molecule has 1 aliphatic heterocycles. The molecule has 0 spiro atoms. The maximum atomic E-state index is 13.0. The third kappa shape index (κ3) is 9.62. The Kier molecular flexibility index (Phi) is 11.8. The number of carbonyl (C=O) groups excluding carboxylic acids is 4. The van der Waals surface area contributed by atoms with Crippen LogP contribution in [0.2, 0.25) is 0 Å². The minimum absolute atomic E-state index is 0.198. The van der Waals surface area contributed by atoms with Crippen LogP contribution in [0.15, 0.2) is 60.7 Å². The molecule has 1 aliphatic rings. The molecule has 0 unspecified atom stereocenters. The van der Waals surface area contributed by atoms with E-state index in [1.807, 2.05) is 6.07 Å². The summed E-state index contributed by atoms with van der Waals surface area (Å²) in [7, 11) is 0. The van der Waals surface area contributed by atoms with Crippen molar-refractivity contribution in [2.45, 2.75) is 65.5 Å². The summed E-state index contributed by atoms with van der Waals surface area (Å²) in [6.07, 6.45) is 1.26. The van der Waals surface area contributed by atoms with Gasteiger partial charge in [0.25, 0.3) is 0 Å². The van der Waals surface area contributed by atoms with Crippen molar-refractivity contribution in [1.29, 1.82) is 0 Å². The molecule has 0 atom stereocenters. The monoisotopic (exact) mass is 628 g/mol. The van der Waals surface area contributed by atoms with Crippen LogP contribution in [-0.4, -0.2) is 37.2 Å². The molecule has 0 fully saturated rings. The van der Waals surface area contributed by atoms with Crippen LogP contribution in [0.25, 0.3) is 0 Å². The Morgan fingerprint density at radius 2 is 0.804 bits per heavy atom. The molecule has 12 nitrogen and oxygen atoms in total. The van der Waals surface area contributed by atoms with Gasteiger partial charge < -0.3 is 42.5 Å². The first kappa shape index (κ1) is 33.6. The van der Waals surface area contributed by atoms with Crippen LogP contribution in [0.3, 0.4) is 0 Å². The smallest absolute Gasteiger partial charge is 0.319 e. The fraction of sp³-hybridized carbons (Fsp3) is 0.353. The number of amides is 8. The highest BCUT2D eigenvalue weighted by atomic mass is 16.2. The maximum Gasteiger partial charge on any atom is 0.319 e. The Morgan fingerprint density at radius 1 is 0.478 bits per heavy atom. The van der Waals surface area contributed by atoms with Crippen molar-refractivity contribution in [2.75, 3.05) is 34.4 Å². The van der Waals surface area contributed by atoms with E-state index in [1.54, 1.807) is 48.5 Å². The van der Waals surface area contributed by atoms with Gasteiger partial charge in [-0.2, -0.15) is 0 Å². The highest BCUT2D eigenvalue weighted by Crippen LogP contribution is 2.29. The number of hydrogen-bond acceptors (Lipinski definition) is 4. The van der Waals surface area contributed by atoms with Crippen LogP contribution >= 0.6 is 0 Å². The van der Waals surface area contributed by atoms with Gasteiger partial charge in [0.15, 0.2) is 0 Å². The molecular formula is C34H44N8O4. The van der Waals surface area contributed by atoms with E-state index in [2.05, 4.69) is 76.3 Å². The second kappa shape index (κ2) is 16.2. The predicted octanol–water partition coefficient (Wildman–Crippen LogP) is 6.61. The Balaban J connectivity index is 1.60. The summed E-state index contributed by atoms with van der Waals surface area (Å²) < 4.78 is 0. The van der Waals surface area contributed by atoms with E-state index in [9.17, 15) is 19.2 Å². The Labute approximate surface area is 269 Å². The Bertz CT molecular complexity index is 1450. The largest absolute Gasteiger partial charge is 0.338 e. The third-order valence-electron chi connectivity index (χ3n) is 7.55. The third-order valence-corrected chi connectivity index (χ3v) is 7.55. The number of nitrogens with one attached hydrogen (secondary N) is 8. The second-order valence-corrected chi connectivity index (χ2v) is 11.7. The van der Waals surface area contributed by atoms with Gasteiger partial charge in [0.2, 0.25) is 0 Å². The molecule has 0 aliphatic carbocycles. The van der Waals surface area contributed by atoms with Crippen molar-refractivity contribution in [2.24, 2.45) is 0 Å². The van der Waals surface area contributed by atoms with E-state index in [0.717, 1.165) is 22.3 Å². The van der Waals surface area contributed by atoms with Gasteiger partial charge >= 0.3 is 24.1 Å². The molecule has 12 heteroatoms. The number of fused-ring (bicyclic) bond motifs is 4. The lowest BCUT2D eigenvalue weighted by atomic mass is 9.87. The van der Waals surface area contributed by atoms with Gasteiger partial charge in [0.1, 0.15) is 0 Å². The minimum Gasteiger partial charge on any atom is -0.338 e. The zero-order valence-electron chi connectivity index (χ0n) is 26.8. The van der Waals surface area contributed by atoms with Crippen molar-refractivity contribution in [3.63, 3.8) is 0 Å². The van der Waals surface area contributed by atoms with Crippen molar-refractivity contribution in [3.05, 3.63) is 82.9 Å². The first-order chi connectivity index (χ1) is 22.1. The summed E-state index contributed by atoms with van der Waals surface area (Å²) in [6, 6.07) is 16.5. The molecule has 0 radical (unpaired) electrons. The molecule has 244 valence electrons. The van der Waals surface area contributed by atoms with Crippen LogP contribution in [-0.2, 0) is 13.1 Å². The van der Waals surface area contributed by atoms with Gasteiger partial charge in [-0.3, -0.25) is 0 Å². The maximum absolute atomic E-state index is 13.0. The SMILES string of the molecule is CC(C)c1cc(C(C)C)c2cc1CNC(=O)Nc1ccccc1NC(=O)NCCCCNC(=O)Nc1ccccc1NC(=O)NC2. The molecule has 8 amide bonds. The predicted molar refractivity (Wildman–Crippen MR) is 182 cm³/mol. The normalized spacial score (nSPS) is 15.5. The summed E-state index contributed by atoms with van der Waals surface area (Å²) in [6.45, 7) is 9.72. The van der Waals surface area contributed by atoms with E-state index in [-0.39, 0.29) is 24.9 Å². The average molecular weight is 629 g/mol. The van der Waals surface area contributed by atoms with Crippen LogP contribution in [0.4, 0.5) is 41.9 Å². The number of carbonyl (C=O) groups is 4. The summed E-state index contributed by atoms with van der Waals surface area (Å²) in [5.74, 6) is 0.395. The first-order valence-corrected chi connectivity index (χ1v) is 15.6. The van der Waals surface area contributed by atoms with Crippen molar-refractivity contribution >= 4 is 46.9 Å². The van der Waals surface area contributed by atoms with Crippen LogP contribution in [0.1, 0.15) is 74.6 Å². The summed E-state index contributed by atoms with van der Waals surface area (Å²) in [5, 5.41) is 22.8. The molecule has 0 saturated carbocycles. The first-order valence-electron chi connectivity index (χ1n) is 15.6. The number of benzene rings is 3. The average Bonchev–Trinajstić information content (AvgIpc) is 3.01. The van der Waals surface area contributed by atoms with E-state index in [4.69, 9.17) is 0 Å². The fourth-order valence-electron chi connectivity index (χ4n) is 5.18. The van der Waals surface area contributed by atoms with E-state index in [1.165, 1.54) is 0 Å². The number of urea groups is 4.